The van der Waals surface area contributed by atoms with Gasteiger partial charge in [0.25, 0.3) is 0 Å². The van der Waals surface area contributed by atoms with E-state index in [1.165, 1.54) is 7.05 Å². The van der Waals surface area contributed by atoms with Gasteiger partial charge in [-0.05, 0) is 18.1 Å². The summed E-state index contributed by atoms with van der Waals surface area (Å²) in [6.07, 6.45) is 0.856. The van der Waals surface area contributed by atoms with E-state index in [1.807, 2.05) is 25.1 Å². The van der Waals surface area contributed by atoms with Gasteiger partial charge < -0.3 is 15.0 Å². The predicted molar refractivity (Wildman–Crippen MR) is 64.0 cm³/mol. The molecular formula is C13H13KN2O3. The molecule has 0 radical (unpaired) electrons. The fraction of sp³-hybridized carbons (Fsp3) is 0.231. The minimum atomic E-state index is -1.44. The molecule has 0 aliphatic carbocycles. The smallest absolute Gasteiger partial charge is 0.543 e. The Hall–Kier alpha value is -0.664. The van der Waals surface area contributed by atoms with Gasteiger partial charge >= 0.3 is 51.4 Å². The third-order valence-electron chi connectivity index (χ3n) is 2.82. The zero-order chi connectivity index (χ0) is 13.3. The summed E-state index contributed by atoms with van der Waals surface area (Å²) in [7, 11) is 1.46. The first-order valence-electron chi connectivity index (χ1n) is 5.61. The normalized spacial score (nSPS) is 10.0. The molecule has 19 heavy (non-hydrogen) atoms. The van der Waals surface area contributed by atoms with Crippen LogP contribution in [0.5, 0.6) is 5.75 Å². The maximum absolute atomic E-state index is 10.9. The minimum absolute atomic E-state index is 0. The molecule has 0 spiro atoms. The third kappa shape index (κ3) is 3.27. The molecule has 0 aliphatic rings. The zero-order valence-electron chi connectivity index (χ0n) is 11.2. The number of carbonyl (C=O) groups excluding carboxylic acids is 1. The monoisotopic (exact) mass is 284 g/mol. The summed E-state index contributed by atoms with van der Waals surface area (Å²) < 4.78 is 1.11. The molecule has 1 N–H and O–H groups in total. The van der Waals surface area contributed by atoms with Crippen molar-refractivity contribution in [1.29, 1.82) is 0 Å². The van der Waals surface area contributed by atoms with Crippen LogP contribution in [0.4, 0.5) is 0 Å². The summed E-state index contributed by atoms with van der Waals surface area (Å²) in [5.74, 6) is -1.80. The molecule has 0 saturated heterocycles. The van der Waals surface area contributed by atoms with Crippen molar-refractivity contribution in [2.45, 2.75) is 13.3 Å². The number of carboxylic acids is 1. The van der Waals surface area contributed by atoms with Gasteiger partial charge in [-0.3, -0.25) is 4.68 Å². The summed E-state index contributed by atoms with van der Waals surface area (Å²) in [6, 6.07) is 7.46. The number of hydrogen-bond donors (Lipinski definition) is 1. The molecule has 0 fully saturated rings. The van der Waals surface area contributed by atoms with Crippen LogP contribution in [-0.4, -0.2) is 20.9 Å². The molecule has 94 valence electrons. The Bertz CT molecular complexity index is 608. The second-order valence-corrected chi connectivity index (χ2v) is 4.01. The van der Waals surface area contributed by atoms with Crippen molar-refractivity contribution in [3.8, 4) is 17.0 Å². The van der Waals surface area contributed by atoms with Crippen LogP contribution >= 0.6 is 0 Å². The van der Waals surface area contributed by atoms with Crippen molar-refractivity contribution in [1.82, 2.24) is 9.78 Å². The van der Waals surface area contributed by atoms with Crippen LogP contribution in [-0.2, 0) is 13.5 Å². The van der Waals surface area contributed by atoms with E-state index < -0.39 is 5.97 Å². The van der Waals surface area contributed by atoms with Crippen LogP contribution in [0.15, 0.2) is 24.3 Å². The van der Waals surface area contributed by atoms with Gasteiger partial charge in [0.2, 0.25) is 0 Å². The van der Waals surface area contributed by atoms with E-state index in [9.17, 15) is 15.0 Å². The number of benzene rings is 1. The molecule has 1 aromatic carbocycles. The molecule has 0 amide bonds. The summed E-state index contributed by atoms with van der Waals surface area (Å²) in [4.78, 5) is 10.9. The molecular weight excluding hydrogens is 271 g/mol. The Morgan fingerprint density at radius 2 is 2.16 bits per heavy atom. The van der Waals surface area contributed by atoms with Crippen molar-refractivity contribution in [3.63, 3.8) is 0 Å². The topological polar surface area (TPSA) is 78.2 Å². The maximum atomic E-state index is 10.9. The average molecular weight is 284 g/mol. The molecule has 1 heterocycles. The molecule has 0 bridgehead atoms. The number of carbonyl (C=O) groups is 1. The van der Waals surface area contributed by atoms with Gasteiger partial charge in [0, 0.05) is 12.6 Å². The number of carboxylic acid groups (broad SMARTS) is 1. The second-order valence-electron chi connectivity index (χ2n) is 4.01. The Balaban J connectivity index is 0.00000180. The predicted octanol–water partition coefficient (Wildman–Crippen LogP) is -2.28. The standard InChI is InChI=1S/C13H14N2O3.K/c1-3-8-5-4-6-9(7-8)10-12(16)11(13(17)18)15(2)14-10;/h4-7,16H,3H2,1-2H3,(H,17,18);/q;+1/p-1. The fourth-order valence-electron chi connectivity index (χ4n) is 1.87. The number of aromatic carboxylic acids is 1. The van der Waals surface area contributed by atoms with E-state index in [-0.39, 0.29) is 68.5 Å². The Morgan fingerprint density at radius 3 is 2.68 bits per heavy atom. The number of aromatic nitrogens is 2. The fourth-order valence-corrected chi connectivity index (χ4v) is 1.87. The summed E-state index contributed by atoms with van der Waals surface area (Å²) in [5.41, 5.74) is 1.72. The Morgan fingerprint density at radius 1 is 1.47 bits per heavy atom. The maximum Gasteiger partial charge on any atom is 1.00 e. The molecule has 0 saturated carbocycles. The molecule has 0 aliphatic heterocycles. The van der Waals surface area contributed by atoms with Crippen molar-refractivity contribution in [2.75, 3.05) is 0 Å². The van der Waals surface area contributed by atoms with Gasteiger partial charge in [0.15, 0.2) is 5.75 Å². The van der Waals surface area contributed by atoms with Gasteiger partial charge in [0.05, 0.1) is 5.97 Å². The first-order valence-corrected chi connectivity index (χ1v) is 5.61. The van der Waals surface area contributed by atoms with Crippen molar-refractivity contribution >= 4 is 5.97 Å². The van der Waals surface area contributed by atoms with Crippen molar-refractivity contribution in [3.05, 3.63) is 35.5 Å². The van der Waals surface area contributed by atoms with Crippen LogP contribution in [0.25, 0.3) is 11.3 Å². The van der Waals surface area contributed by atoms with Crippen LogP contribution in [0.1, 0.15) is 23.0 Å². The minimum Gasteiger partial charge on any atom is -0.543 e. The zero-order valence-corrected chi connectivity index (χ0v) is 14.3. The number of rotatable bonds is 3. The second kappa shape index (κ2) is 6.67. The van der Waals surface area contributed by atoms with Gasteiger partial charge in [0.1, 0.15) is 11.4 Å². The molecule has 0 unspecified atom stereocenters. The van der Waals surface area contributed by atoms with E-state index in [2.05, 4.69) is 5.10 Å². The number of hydrogen-bond acceptors (Lipinski definition) is 4. The first kappa shape index (κ1) is 16.4. The Labute approximate surface area is 153 Å². The molecule has 6 heteroatoms. The largest absolute Gasteiger partial charge is 1.00 e. The van der Waals surface area contributed by atoms with Crippen molar-refractivity contribution < 1.29 is 66.4 Å². The van der Waals surface area contributed by atoms with Crippen LogP contribution < -0.4 is 56.5 Å². The summed E-state index contributed by atoms with van der Waals surface area (Å²) >= 11 is 0. The molecule has 2 aromatic rings. The van der Waals surface area contributed by atoms with Crippen LogP contribution in [0.3, 0.4) is 0 Å². The summed E-state index contributed by atoms with van der Waals surface area (Å²) in [5, 5.41) is 24.8. The van der Waals surface area contributed by atoms with E-state index in [1.54, 1.807) is 6.07 Å². The molecule has 1 aromatic heterocycles. The van der Waals surface area contributed by atoms with E-state index in [0.717, 1.165) is 16.7 Å². The van der Waals surface area contributed by atoms with Crippen LogP contribution in [0.2, 0.25) is 0 Å². The van der Waals surface area contributed by atoms with E-state index in [0.29, 0.717) is 5.56 Å². The Kier molecular flexibility index (Phi) is 5.75. The van der Waals surface area contributed by atoms with E-state index >= 15 is 0 Å². The number of aryl methyl sites for hydroxylation is 2. The summed E-state index contributed by atoms with van der Waals surface area (Å²) in [6.45, 7) is 2.02. The first-order chi connectivity index (χ1) is 8.54. The van der Waals surface area contributed by atoms with Crippen molar-refractivity contribution in [2.24, 2.45) is 7.05 Å². The number of aromatic hydroxyl groups is 1. The van der Waals surface area contributed by atoms with E-state index in [4.69, 9.17) is 0 Å². The molecule has 5 nitrogen and oxygen atoms in total. The van der Waals surface area contributed by atoms with Gasteiger partial charge in [-0.25, -0.2) is 0 Å². The van der Waals surface area contributed by atoms with Crippen LogP contribution in [0, 0.1) is 0 Å². The van der Waals surface area contributed by atoms with Gasteiger partial charge in [-0.15, -0.1) is 0 Å². The average Bonchev–Trinajstić information content (AvgIpc) is 2.65. The SMILES string of the molecule is CCc1cccc(-c2nn(C)c(C(=O)[O-])c2O)c1.[K+]. The number of nitrogens with zero attached hydrogens (tertiary/aromatic N) is 2. The van der Waals surface area contributed by atoms with Gasteiger partial charge in [-0.1, -0.05) is 25.1 Å². The van der Waals surface area contributed by atoms with Gasteiger partial charge in [-0.2, -0.15) is 5.10 Å². The molecule has 0 atom stereocenters. The quantitative estimate of drug-likeness (QED) is 0.644. The third-order valence-corrected chi connectivity index (χ3v) is 2.82. The molecule has 2 rings (SSSR count).